The lowest BCUT2D eigenvalue weighted by atomic mass is 9.95. The van der Waals surface area contributed by atoms with Gasteiger partial charge in [0.2, 0.25) is 0 Å². The number of nitrogens with one attached hydrogen (secondary N) is 2. The largest absolute Gasteiger partial charge is 0.349 e. The van der Waals surface area contributed by atoms with Gasteiger partial charge in [-0.3, -0.25) is 9.59 Å². The molecule has 2 aromatic carbocycles. The molecule has 5 rings (SSSR count). The van der Waals surface area contributed by atoms with E-state index >= 15 is 0 Å². The van der Waals surface area contributed by atoms with Crippen molar-refractivity contribution in [3.05, 3.63) is 64.4 Å². The van der Waals surface area contributed by atoms with Crippen LogP contribution in [0.25, 0.3) is 27.8 Å². The molecule has 0 spiro atoms. The predicted molar refractivity (Wildman–Crippen MR) is 111 cm³/mol. The van der Waals surface area contributed by atoms with Crippen molar-refractivity contribution in [1.82, 2.24) is 25.1 Å². The van der Waals surface area contributed by atoms with Crippen LogP contribution in [-0.2, 0) is 0 Å². The Balaban J connectivity index is 1.59. The number of fused-ring (bicyclic) bond motifs is 3. The lowest BCUT2D eigenvalue weighted by Gasteiger charge is -2.22. The lowest BCUT2D eigenvalue weighted by molar-refractivity contribution is 0.0928. The number of nitrogens with zero attached hydrogens (tertiary/aromatic N) is 3. The highest BCUT2D eigenvalue weighted by atomic mass is 16.1. The summed E-state index contributed by atoms with van der Waals surface area (Å²) in [6.45, 7) is 0. The molecule has 0 unspecified atom stereocenters. The van der Waals surface area contributed by atoms with E-state index in [4.69, 9.17) is 0 Å². The summed E-state index contributed by atoms with van der Waals surface area (Å²) in [7, 11) is 0. The van der Waals surface area contributed by atoms with Gasteiger partial charge in [-0.1, -0.05) is 49.6 Å². The second-order valence-electron chi connectivity index (χ2n) is 7.54. The molecule has 146 valence electrons. The first kappa shape index (κ1) is 17.6. The molecule has 1 saturated carbocycles. The van der Waals surface area contributed by atoms with Gasteiger partial charge >= 0.3 is 0 Å². The zero-order chi connectivity index (χ0) is 19.8. The molecule has 29 heavy (non-hydrogen) atoms. The van der Waals surface area contributed by atoms with E-state index < -0.39 is 0 Å². The predicted octanol–water partition coefficient (Wildman–Crippen LogP) is 3.30. The number of carbonyl (C=O) groups excluding carboxylic acids is 1. The second-order valence-corrected chi connectivity index (χ2v) is 7.54. The molecule has 0 aliphatic heterocycles. The molecule has 0 bridgehead atoms. The summed E-state index contributed by atoms with van der Waals surface area (Å²) >= 11 is 0. The number of aromatic nitrogens is 4. The molecule has 7 heteroatoms. The maximum Gasteiger partial charge on any atom is 0.281 e. The first-order valence-corrected chi connectivity index (χ1v) is 9.98. The highest BCUT2D eigenvalue weighted by Crippen LogP contribution is 2.23. The molecular weight excluding hydrogens is 366 g/mol. The third-order valence-corrected chi connectivity index (χ3v) is 5.61. The number of carbonyl (C=O) groups is 1. The number of aromatic amines is 1. The molecule has 1 aliphatic carbocycles. The third kappa shape index (κ3) is 3.18. The van der Waals surface area contributed by atoms with E-state index in [1.807, 2.05) is 30.3 Å². The number of H-pyrrole nitrogens is 1. The summed E-state index contributed by atoms with van der Waals surface area (Å²) < 4.78 is 1.66. The Morgan fingerprint density at radius 1 is 1.07 bits per heavy atom. The van der Waals surface area contributed by atoms with Crippen molar-refractivity contribution in [1.29, 1.82) is 0 Å². The fourth-order valence-electron chi connectivity index (χ4n) is 4.07. The van der Waals surface area contributed by atoms with Crippen LogP contribution < -0.4 is 10.9 Å². The smallest absolute Gasteiger partial charge is 0.281 e. The average Bonchev–Trinajstić information content (AvgIpc) is 3.19. The molecule has 7 nitrogen and oxygen atoms in total. The van der Waals surface area contributed by atoms with Gasteiger partial charge in [-0.15, -0.1) is 0 Å². The lowest BCUT2D eigenvalue weighted by Crippen LogP contribution is -2.36. The highest BCUT2D eigenvalue weighted by Gasteiger charge is 2.19. The van der Waals surface area contributed by atoms with Crippen molar-refractivity contribution < 1.29 is 4.79 Å². The molecular formula is C22H21N5O2. The van der Waals surface area contributed by atoms with Crippen molar-refractivity contribution in [3.63, 3.8) is 0 Å². The van der Waals surface area contributed by atoms with Crippen molar-refractivity contribution in [2.45, 2.75) is 38.1 Å². The van der Waals surface area contributed by atoms with Crippen LogP contribution in [0.1, 0.15) is 42.5 Å². The number of benzene rings is 2. The molecule has 0 atom stereocenters. The molecule has 1 amide bonds. The van der Waals surface area contributed by atoms with Gasteiger partial charge in [0.1, 0.15) is 5.69 Å². The summed E-state index contributed by atoms with van der Waals surface area (Å²) in [6.07, 6.45) is 5.59. The van der Waals surface area contributed by atoms with Crippen LogP contribution in [0.15, 0.2) is 53.3 Å². The number of hydrogen-bond donors (Lipinski definition) is 2. The van der Waals surface area contributed by atoms with Gasteiger partial charge in [0.25, 0.3) is 11.5 Å². The van der Waals surface area contributed by atoms with Gasteiger partial charge in [0.05, 0.1) is 10.9 Å². The zero-order valence-electron chi connectivity index (χ0n) is 15.9. The Labute approximate surface area is 166 Å². The minimum atomic E-state index is -0.335. The van der Waals surface area contributed by atoms with Gasteiger partial charge in [0.15, 0.2) is 5.65 Å². The van der Waals surface area contributed by atoms with E-state index in [0.29, 0.717) is 27.8 Å². The van der Waals surface area contributed by atoms with Crippen LogP contribution >= 0.6 is 0 Å². The van der Waals surface area contributed by atoms with Crippen LogP contribution in [0, 0.1) is 0 Å². The van der Waals surface area contributed by atoms with E-state index in [1.54, 1.807) is 22.7 Å². The minimum absolute atomic E-state index is 0.111. The number of hydrogen-bond acceptors (Lipinski definition) is 4. The monoisotopic (exact) mass is 387 g/mol. The maximum absolute atomic E-state index is 12.8. The van der Waals surface area contributed by atoms with Crippen molar-refractivity contribution in [2.75, 3.05) is 0 Å². The molecule has 0 saturated heterocycles. The van der Waals surface area contributed by atoms with Crippen LogP contribution in [0.5, 0.6) is 0 Å². The van der Waals surface area contributed by atoms with Gasteiger partial charge in [0, 0.05) is 17.2 Å². The van der Waals surface area contributed by atoms with Crippen LogP contribution in [0.2, 0.25) is 0 Å². The summed E-state index contributed by atoms with van der Waals surface area (Å²) in [4.78, 5) is 29.6. The highest BCUT2D eigenvalue weighted by molar-refractivity contribution is 5.98. The standard InChI is InChI=1S/C22H21N5O2/c28-21(23-16-9-5-2-6-10-16)15-11-12-17-18(13-15)27-20(24-22(17)29)19(25-26-27)14-7-3-1-4-8-14/h1,3-4,7-8,11-13,16,26H,2,5-6,9-10H2,(H,23,28). The average molecular weight is 387 g/mol. The van der Waals surface area contributed by atoms with Gasteiger partial charge < -0.3 is 5.32 Å². The van der Waals surface area contributed by atoms with Crippen molar-refractivity contribution >= 4 is 22.5 Å². The van der Waals surface area contributed by atoms with Crippen LogP contribution in [-0.4, -0.2) is 31.8 Å². The van der Waals surface area contributed by atoms with E-state index in [2.05, 4.69) is 20.6 Å². The quantitative estimate of drug-likeness (QED) is 0.564. The van der Waals surface area contributed by atoms with Gasteiger partial charge in [-0.25, -0.2) is 9.73 Å². The Bertz CT molecular complexity index is 1250. The third-order valence-electron chi connectivity index (χ3n) is 5.61. The van der Waals surface area contributed by atoms with E-state index in [-0.39, 0.29) is 17.5 Å². The summed E-state index contributed by atoms with van der Waals surface area (Å²) in [6, 6.07) is 14.9. The van der Waals surface area contributed by atoms with Gasteiger partial charge in [-0.05, 0) is 31.0 Å². The fraction of sp³-hybridized carbons (Fsp3) is 0.273. The molecule has 4 aromatic rings. The summed E-state index contributed by atoms with van der Waals surface area (Å²) in [5.74, 6) is -0.111. The Hall–Kier alpha value is -3.48. The SMILES string of the molecule is O=C(NC1CCCCC1)c1ccc2c(=O)nc3c(-c4ccccc4)n[nH]n3c2c1. The zero-order valence-corrected chi connectivity index (χ0v) is 15.9. The Kier molecular flexibility index (Phi) is 4.35. The maximum atomic E-state index is 12.8. The molecule has 0 radical (unpaired) electrons. The molecule has 1 aliphatic rings. The molecule has 1 fully saturated rings. The van der Waals surface area contributed by atoms with E-state index in [9.17, 15) is 9.59 Å². The number of amides is 1. The Morgan fingerprint density at radius 2 is 1.86 bits per heavy atom. The van der Waals surface area contributed by atoms with Crippen molar-refractivity contribution in [2.24, 2.45) is 0 Å². The van der Waals surface area contributed by atoms with Crippen LogP contribution in [0.3, 0.4) is 0 Å². The van der Waals surface area contributed by atoms with Crippen molar-refractivity contribution in [3.8, 4) is 11.3 Å². The second kappa shape index (κ2) is 7.16. The first-order valence-electron chi connectivity index (χ1n) is 9.98. The summed E-state index contributed by atoms with van der Waals surface area (Å²) in [5, 5.41) is 10.9. The number of rotatable bonds is 3. The molecule has 2 aromatic heterocycles. The topological polar surface area (TPSA) is 92.2 Å². The van der Waals surface area contributed by atoms with Crippen LogP contribution in [0.4, 0.5) is 0 Å². The fourth-order valence-corrected chi connectivity index (χ4v) is 4.07. The summed E-state index contributed by atoms with van der Waals surface area (Å²) in [5.41, 5.74) is 2.69. The molecule has 2 heterocycles. The van der Waals surface area contributed by atoms with E-state index in [0.717, 1.165) is 31.2 Å². The van der Waals surface area contributed by atoms with Gasteiger partial charge in [-0.2, -0.15) is 10.1 Å². The first-order chi connectivity index (χ1) is 14.2. The normalized spacial score (nSPS) is 15.0. The van der Waals surface area contributed by atoms with E-state index in [1.165, 1.54) is 6.42 Å². The Morgan fingerprint density at radius 3 is 2.66 bits per heavy atom. The minimum Gasteiger partial charge on any atom is -0.349 e. The molecule has 2 N–H and O–H groups in total.